The highest BCUT2D eigenvalue weighted by Crippen LogP contribution is 2.27. The standard InChI is InChI=1S/C13H18N2O4/c1-3-14-11(18)8-15(4-2)13(19)12-9(16)6-5-7-10(12)17/h5-7,16-17H,3-4,8H2,1-2H3,(H,14,18). The van der Waals surface area contributed by atoms with Gasteiger partial charge in [0, 0.05) is 13.1 Å². The molecule has 19 heavy (non-hydrogen) atoms. The van der Waals surface area contributed by atoms with Crippen molar-refractivity contribution in [3.05, 3.63) is 23.8 Å². The van der Waals surface area contributed by atoms with Crippen LogP contribution in [0.5, 0.6) is 11.5 Å². The van der Waals surface area contributed by atoms with Crippen LogP contribution in [0.1, 0.15) is 24.2 Å². The molecule has 1 aromatic carbocycles. The van der Waals surface area contributed by atoms with Gasteiger partial charge >= 0.3 is 0 Å². The van der Waals surface area contributed by atoms with E-state index < -0.39 is 5.91 Å². The molecule has 0 saturated heterocycles. The van der Waals surface area contributed by atoms with Crippen LogP contribution >= 0.6 is 0 Å². The minimum Gasteiger partial charge on any atom is -0.507 e. The molecule has 0 aromatic heterocycles. The first-order valence-electron chi connectivity index (χ1n) is 6.08. The number of carbonyl (C=O) groups is 2. The van der Waals surface area contributed by atoms with Gasteiger partial charge in [-0.1, -0.05) is 6.07 Å². The van der Waals surface area contributed by atoms with E-state index in [-0.39, 0.29) is 29.5 Å². The Morgan fingerprint density at radius 2 is 1.79 bits per heavy atom. The summed E-state index contributed by atoms with van der Waals surface area (Å²) in [6.45, 7) is 4.16. The Bertz CT molecular complexity index is 453. The predicted molar refractivity (Wildman–Crippen MR) is 70.0 cm³/mol. The van der Waals surface area contributed by atoms with Gasteiger partial charge in [0.25, 0.3) is 5.91 Å². The molecule has 0 unspecified atom stereocenters. The molecule has 104 valence electrons. The third-order valence-corrected chi connectivity index (χ3v) is 2.61. The average Bonchev–Trinajstić information content (AvgIpc) is 2.35. The second kappa shape index (κ2) is 6.63. The Labute approximate surface area is 111 Å². The van der Waals surface area contributed by atoms with E-state index >= 15 is 0 Å². The van der Waals surface area contributed by atoms with Crippen molar-refractivity contribution in [1.29, 1.82) is 0 Å². The van der Waals surface area contributed by atoms with Crippen molar-refractivity contribution in [1.82, 2.24) is 10.2 Å². The summed E-state index contributed by atoms with van der Waals surface area (Å²) in [6, 6.07) is 4.06. The highest BCUT2D eigenvalue weighted by Gasteiger charge is 2.22. The van der Waals surface area contributed by atoms with Crippen LogP contribution < -0.4 is 5.32 Å². The first kappa shape index (κ1) is 14.8. The number of carbonyl (C=O) groups excluding carboxylic acids is 2. The summed E-state index contributed by atoms with van der Waals surface area (Å²) < 4.78 is 0. The molecule has 0 aliphatic rings. The van der Waals surface area contributed by atoms with Crippen molar-refractivity contribution in [2.45, 2.75) is 13.8 Å². The summed E-state index contributed by atoms with van der Waals surface area (Å²) in [4.78, 5) is 24.9. The van der Waals surface area contributed by atoms with Gasteiger partial charge in [-0.2, -0.15) is 0 Å². The average molecular weight is 266 g/mol. The molecule has 2 amide bonds. The van der Waals surface area contributed by atoms with Crippen molar-refractivity contribution in [2.75, 3.05) is 19.6 Å². The second-order valence-electron chi connectivity index (χ2n) is 3.94. The van der Waals surface area contributed by atoms with Crippen LogP contribution in [-0.4, -0.2) is 46.6 Å². The van der Waals surface area contributed by atoms with E-state index in [1.165, 1.54) is 23.1 Å². The number of benzene rings is 1. The van der Waals surface area contributed by atoms with E-state index in [1.54, 1.807) is 13.8 Å². The number of nitrogens with zero attached hydrogens (tertiary/aromatic N) is 1. The third kappa shape index (κ3) is 3.61. The maximum absolute atomic E-state index is 12.2. The molecule has 6 heteroatoms. The van der Waals surface area contributed by atoms with Crippen LogP contribution in [0.4, 0.5) is 0 Å². The number of rotatable bonds is 5. The zero-order valence-corrected chi connectivity index (χ0v) is 11.0. The Balaban J connectivity index is 2.93. The predicted octanol–water partition coefficient (Wildman–Crippen LogP) is 0.696. The molecule has 0 saturated carbocycles. The van der Waals surface area contributed by atoms with Crippen molar-refractivity contribution in [3.63, 3.8) is 0 Å². The van der Waals surface area contributed by atoms with Crippen molar-refractivity contribution in [3.8, 4) is 11.5 Å². The van der Waals surface area contributed by atoms with Gasteiger partial charge < -0.3 is 20.4 Å². The lowest BCUT2D eigenvalue weighted by molar-refractivity contribution is -0.121. The van der Waals surface area contributed by atoms with Crippen molar-refractivity contribution in [2.24, 2.45) is 0 Å². The monoisotopic (exact) mass is 266 g/mol. The van der Waals surface area contributed by atoms with Gasteiger partial charge in [0.1, 0.15) is 17.1 Å². The topological polar surface area (TPSA) is 89.9 Å². The number of hydrogen-bond acceptors (Lipinski definition) is 4. The molecule has 0 aliphatic carbocycles. The number of phenolic OH excluding ortho intramolecular Hbond substituents is 2. The molecule has 0 radical (unpaired) electrons. The molecular formula is C13H18N2O4. The van der Waals surface area contributed by atoms with E-state index in [1.807, 2.05) is 0 Å². The largest absolute Gasteiger partial charge is 0.507 e. The lowest BCUT2D eigenvalue weighted by atomic mass is 10.1. The lowest BCUT2D eigenvalue weighted by Gasteiger charge is -2.21. The van der Waals surface area contributed by atoms with Crippen LogP contribution in [0.15, 0.2) is 18.2 Å². The number of nitrogens with one attached hydrogen (secondary N) is 1. The molecule has 6 nitrogen and oxygen atoms in total. The van der Waals surface area contributed by atoms with Gasteiger partial charge in [-0.05, 0) is 26.0 Å². The Morgan fingerprint density at radius 1 is 1.21 bits per heavy atom. The molecule has 0 aliphatic heterocycles. The number of amides is 2. The summed E-state index contributed by atoms with van der Waals surface area (Å²) in [5, 5.41) is 21.9. The second-order valence-corrected chi connectivity index (χ2v) is 3.94. The minimum atomic E-state index is -0.579. The quantitative estimate of drug-likeness (QED) is 0.731. The SMILES string of the molecule is CCNC(=O)CN(CC)C(=O)c1c(O)cccc1O. The molecule has 1 aromatic rings. The van der Waals surface area contributed by atoms with Gasteiger partial charge in [-0.15, -0.1) is 0 Å². The number of hydrogen-bond donors (Lipinski definition) is 3. The Hall–Kier alpha value is -2.24. The van der Waals surface area contributed by atoms with Gasteiger partial charge in [0.15, 0.2) is 0 Å². The molecular weight excluding hydrogens is 248 g/mol. The first-order chi connectivity index (χ1) is 9.01. The molecule has 0 fully saturated rings. The van der Waals surface area contributed by atoms with E-state index in [4.69, 9.17) is 0 Å². The molecule has 3 N–H and O–H groups in total. The fraction of sp³-hybridized carbons (Fsp3) is 0.385. The van der Waals surface area contributed by atoms with E-state index in [0.717, 1.165) is 0 Å². The summed E-state index contributed by atoms with van der Waals surface area (Å²) in [7, 11) is 0. The van der Waals surface area contributed by atoms with Gasteiger partial charge in [-0.25, -0.2) is 0 Å². The molecule has 0 atom stereocenters. The third-order valence-electron chi connectivity index (χ3n) is 2.61. The number of likely N-dealkylation sites (N-methyl/N-ethyl adjacent to an activating group) is 2. The van der Waals surface area contributed by atoms with Crippen LogP contribution in [0.3, 0.4) is 0 Å². The summed E-state index contributed by atoms with van der Waals surface area (Å²) in [5.41, 5.74) is -0.186. The van der Waals surface area contributed by atoms with E-state index in [9.17, 15) is 19.8 Å². The van der Waals surface area contributed by atoms with Gasteiger partial charge in [0.05, 0.1) is 6.54 Å². The van der Waals surface area contributed by atoms with E-state index in [0.29, 0.717) is 13.1 Å². The zero-order valence-electron chi connectivity index (χ0n) is 11.0. The molecule has 0 bridgehead atoms. The fourth-order valence-corrected chi connectivity index (χ4v) is 1.66. The normalized spacial score (nSPS) is 10.0. The minimum absolute atomic E-state index is 0.114. The Morgan fingerprint density at radius 3 is 2.26 bits per heavy atom. The summed E-state index contributed by atoms with van der Waals surface area (Å²) >= 11 is 0. The van der Waals surface area contributed by atoms with Gasteiger partial charge in [0.2, 0.25) is 5.91 Å². The van der Waals surface area contributed by atoms with E-state index in [2.05, 4.69) is 5.32 Å². The smallest absolute Gasteiger partial charge is 0.261 e. The highest BCUT2D eigenvalue weighted by atomic mass is 16.3. The maximum Gasteiger partial charge on any atom is 0.261 e. The Kier molecular flexibility index (Phi) is 5.17. The lowest BCUT2D eigenvalue weighted by Crippen LogP contribution is -2.40. The van der Waals surface area contributed by atoms with Crippen LogP contribution in [-0.2, 0) is 4.79 Å². The van der Waals surface area contributed by atoms with Crippen LogP contribution in [0.25, 0.3) is 0 Å². The van der Waals surface area contributed by atoms with Crippen molar-refractivity contribution >= 4 is 11.8 Å². The number of aromatic hydroxyl groups is 2. The molecule has 1 rings (SSSR count). The first-order valence-corrected chi connectivity index (χ1v) is 6.08. The summed E-state index contributed by atoms with van der Waals surface area (Å²) in [5.74, 6) is -1.48. The molecule has 0 heterocycles. The number of phenols is 2. The van der Waals surface area contributed by atoms with Crippen LogP contribution in [0, 0.1) is 0 Å². The highest BCUT2D eigenvalue weighted by molar-refractivity contribution is 6.01. The summed E-state index contributed by atoms with van der Waals surface area (Å²) in [6.07, 6.45) is 0. The molecule has 0 spiro atoms. The van der Waals surface area contributed by atoms with Gasteiger partial charge in [-0.3, -0.25) is 9.59 Å². The fourth-order valence-electron chi connectivity index (χ4n) is 1.66. The zero-order chi connectivity index (χ0) is 14.4. The maximum atomic E-state index is 12.2. The van der Waals surface area contributed by atoms with Crippen LogP contribution in [0.2, 0.25) is 0 Å². The van der Waals surface area contributed by atoms with Crippen molar-refractivity contribution < 1.29 is 19.8 Å².